The molecule has 1 aromatic carbocycles. The fraction of sp³-hybridized carbons (Fsp3) is 0.333. The van der Waals surface area contributed by atoms with Crippen molar-refractivity contribution in [3.8, 4) is 0 Å². The molecule has 0 saturated carbocycles. The van der Waals surface area contributed by atoms with Gasteiger partial charge in [-0.25, -0.2) is 0 Å². The van der Waals surface area contributed by atoms with E-state index in [1.54, 1.807) is 24.1 Å². The number of rotatable bonds is 6. The Hall–Kier alpha value is -2.87. The number of carbonyl (C=O) groups is 2. The molecule has 1 unspecified atom stereocenters. The van der Waals surface area contributed by atoms with Crippen LogP contribution in [0.25, 0.3) is 0 Å². The zero-order valence-corrected chi connectivity index (χ0v) is 15.4. The molecule has 1 saturated heterocycles. The molecule has 3 rings (SSSR count). The smallest absolute Gasteiger partial charge is 0.269 e. The molecular weight excluding hydrogens is 374 g/mol. The lowest BCUT2D eigenvalue weighted by molar-refractivity contribution is -0.384. The normalized spacial score (nSPS) is 16.6. The number of hydrogen-bond donors (Lipinski definition) is 0. The summed E-state index contributed by atoms with van der Waals surface area (Å²) in [6, 6.07) is 7.64. The largest absolute Gasteiger partial charge is 0.467 e. The van der Waals surface area contributed by atoms with Gasteiger partial charge in [0.2, 0.25) is 11.8 Å². The molecule has 9 heteroatoms. The third-order valence-electron chi connectivity index (χ3n) is 4.51. The highest BCUT2D eigenvalue weighted by Crippen LogP contribution is 2.26. The second-order valence-electron chi connectivity index (χ2n) is 6.48. The standard InChI is InChI=1S/C18H18ClN3O5/c1-20(9-12-7-14(22(25)26)4-5-16(12)19)18(24)13-8-17(23)21(10-13)11-15-3-2-6-27-15/h2-7,13H,8-11H2,1H3. The quantitative estimate of drug-likeness (QED) is 0.557. The van der Waals surface area contributed by atoms with Crippen LogP contribution in [0.2, 0.25) is 5.02 Å². The molecule has 142 valence electrons. The number of nitro groups is 1. The lowest BCUT2D eigenvalue weighted by Crippen LogP contribution is -2.34. The SMILES string of the molecule is CN(Cc1cc([N+](=O)[O-])ccc1Cl)C(=O)C1CC(=O)N(Cc2ccco2)C1. The number of benzene rings is 1. The summed E-state index contributed by atoms with van der Waals surface area (Å²) in [6.07, 6.45) is 1.67. The summed E-state index contributed by atoms with van der Waals surface area (Å²) in [7, 11) is 1.59. The van der Waals surface area contributed by atoms with Crippen LogP contribution in [0.3, 0.4) is 0 Å². The van der Waals surface area contributed by atoms with Gasteiger partial charge in [0.05, 0.1) is 23.6 Å². The fourth-order valence-corrected chi connectivity index (χ4v) is 3.30. The Kier molecular flexibility index (Phi) is 5.46. The van der Waals surface area contributed by atoms with Crippen LogP contribution in [0.4, 0.5) is 5.69 Å². The average Bonchev–Trinajstić information content (AvgIpc) is 3.26. The van der Waals surface area contributed by atoms with Gasteiger partial charge in [-0.3, -0.25) is 19.7 Å². The number of likely N-dealkylation sites (tertiary alicyclic amines) is 1. The van der Waals surface area contributed by atoms with Crippen LogP contribution in [-0.4, -0.2) is 40.1 Å². The maximum absolute atomic E-state index is 12.7. The van der Waals surface area contributed by atoms with Crippen LogP contribution < -0.4 is 0 Å². The Balaban J connectivity index is 1.65. The summed E-state index contributed by atoms with van der Waals surface area (Å²) in [6.45, 7) is 0.767. The highest BCUT2D eigenvalue weighted by atomic mass is 35.5. The Morgan fingerprint density at radius 1 is 1.44 bits per heavy atom. The highest BCUT2D eigenvalue weighted by molar-refractivity contribution is 6.31. The Morgan fingerprint density at radius 2 is 2.22 bits per heavy atom. The molecule has 2 aromatic rings. The molecule has 27 heavy (non-hydrogen) atoms. The second kappa shape index (κ2) is 7.79. The van der Waals surface area contributed by atoms with E-state index >= 15 is 0 Å². The van der Waals surface area contributed by atoms with E-state index in [1.165, 1.54) is 29.4 Å². The molecule has 1 atom stereocenters. The van der Waals surface area contributed by atoms with Gasteiger partial charge in [-0.05, 0) is 23.8 Å². The zero-order chi connectivity index (χ0) is 19.6. The second-order valence-corrected chi connectivity index (χ2v) is 6.89. The van der Waals surface area contributed by atoms with Gasteiger partial charge in [-0.15, -0.1) is 0 Å². The third-order valence-corrected chi connectivity index (χ3v) is 4.88. The van der Waals surface area contributed by atoms with Crippen molar-refractivity contribution in [2.75, 3.05) is 13.6 Å². The summed E-state index contributed by atoms with van der Waals surface area (Å²) >= 11 is 6.10. The van der Waals surface area contributed by atoms with Crippen LogP contribution >= 0.6 is 11.6 Å². The van der Waals surface area contributed by atoms with E-state index in [2.05, 4.69) is 0 Å². The molecule has 0 N–H and O–H groups in total. The van der Waals surface area contributed by atoms with Crippen LogP contribution in [0.1, 0.15) is 17.7 Å². The summed E-state index contributed by atoms with van der Waals surface area (Å²) in [5.41, 5.74) is 0.398. The third kappa shape index (κ3) is 4.28. The van der Waals surface area contributed by atoms with Crippen molar-refractivity contribution >= 4 is 29.1 Å². The Labute approximate surface area is 160 Å². The maximum atomic E-state index is 12.7. The van der Waals surface area contributed by atoms with E-state index in [-0.39, 0.29) is 30.5 Å². The highest BCUT2D eigenvalue weighted by Gasteiger charge is 2.36. The fourth-order valence-electron chi connectivity index (χ4n) is 3.12. The minimum absolute atomic E-state index is 0.0871. The molecule has 0 spiro atoms. The van der Waals surface area contributed by atoms with Gasteiger partial charge < -0.3 is 14.2 Å². The predicted molar refractivity (Wildman–Crippen MR) is 96.8 cm³/mol. The van der Waals surface area contributed by atoms with E-state index in [9.17, 15) is 19.7 Å². The molecular formula is C18H18ClN3O5. The van der Waals surface area contributed by atoms with Gasteiger partial charge in [0, 0.05) is 43.7 Å². The number of nitrogens with zero attached hydrogens (tertiary/aromatic N) is 3. The van der Waals surface area contributed by atoms with Crippen molar-refractivity contribution in [2.45, 2.75) is 19.5 Å². The summed E-state index contributed by atoms with van der Waals surface area (Å²) in [4.78, 5) is 38.4. The Morgan fingerprint density at radius 3 is 2.89 bits per heavy atom. The van der Waals surface area contributed by atoms with E-state index < -0.39 is 10.8 Å². The van der Waals surface area contributed by atoms with Crippen molar-refractivity contribution in [1.82, 2.24) is 9.80 Å². The number of nitro benzene ring substituents is 1. The lowest BCUT2D eigenvalue weighted by atomic mass is 10.1. The number of furan rings is 1. The van der Waals surface area contributed by atoms with Gasteiger partial charge in [0.15, 0.2) is 0 Å². The molecule has 2 heterocycles. The molecule has 1 aromatic heterocycles. The molecule has 2 amide bonds. The van der Waals surface area contributed by atoms with Crippen molar-refractivity contribution < 1.29 is 18.9 Å². The Bertz CT molecular complexity index is 868. The molecule has 0 aliphatic carbocycles. The summed E-state index contributed by atoms with van der Waals surface area (Å²) in [5.74, 6) is -0.109. The lowest BCUT2D eigenvalue weighted by Gasteiger charge is -2.21. The number of non-ortho nitro benzene ring substituents is 1. The number of carbonyl (C=O) groups excluding carboxylic acids is 2. The first kappa shape index (κ1) is 18.9. The van der Waals surface area contributed by atoms with Crippen molar-refractivity contribution in [3.63, 3.8) is 0 Å². The monoisotopic (exact) mass is 391 g/mol. The molecule has 8 nitrogen and oxygen atoms in total. The number of hydrogen-bond acceptors (Lipinski definition) is 5. The summed E-state index contributed by atoms with van der Waals surface area (Å²) < 4.78 is 5.25. The van der Waals surface area contributed by atoms with Gasteiger partial charge in [0.25, 0.3) is 5.69 Å². The maximum Gasteiger partial charge on any atom is 0.269 e. The zero-order valence-electron chi connectivity index (χ0n) is 14.6. The van der Waals surface area contributed by atoms with Crippen LogP contribution in [-0.2, 0) is 22.7 Å². The van der Waals surface area contributed by atoms with Gasteiger partial charge in [-0.2, -0.15) is 0 Å². The topological polar surface area (TPSA) is 96.9 Å². The van der Waals surface area contributed by atoms with Gasteiger partial charge in [-0.1, -0.05) is 11.6 Å². The van der Waals surface area contributed by atoms with Crippen LogP contribution in [0, 0.1) is 16.0 Å². The van der Waals surface area contributed by atoms with Gasteiger partial charge >= 0.3 is 0 Å². The average molecular weight is 392 g/mol. The molecule has 1 fully saturated rings. The predicted octanol–water partition coefficient (Wildman–Crippen LogP) is 2.85. The number of halogens is 1. The number of amides is 2. The van der Waals surface area contributed by atoms with E-state index in [1.807, 2.05) is 0 Å². The minimum atomic E-state index is -0.510. The summed E-state index contributed by atoms with van der Waals surface area (Å²) in [5, 5.41) is 11.3. The van der Waals surface area contributed by atoms with Crippen LogP contribution in [0.5, 0.6) is 0 Å². The van der Waals surface area contributed by atoms with Crippen molar-refractivity contribution in [1.29, 1.82) is 0 Å². The van der Waals surface area contributed by atoms with Crippen molar-refractivity contribution in [3.05, 3.63) is 63.1 Å². The first-order valence-corrected chi connectivity index (χ1v) is 8.71. The first-order valence-electron chi connectivity index (χ1n) is 8.33. The molecule has 0 bridgehead atoms. The van der Waals surface area contributed by atoms with E-state index in [0.29, 0.717) is 29.4 Å². The first-order chi connectivity index (χ1) is 12.8. The molecule has 1 aliphatic heterocycles. The molecule has 1 aliphatic rings. The van der Waals surface area contributed by atoms with Crippen LogP contribution in [0.15, 0.2) is 41.0 Å². The van der Waals surface area contributed by atoms with E-state index in [4.69, 9.17) is 16.0 Å². The minimum Gasteiger partial charge on any atom is -0.467 e. The molecule has 0 radical (unpaired) electrons. The van der Waals surface area contributed by atoms with E-state index in [0.717, 1.165) is 0 Å². The van der Waals surface area contributed by atoms with Gasteiger partial charge in [0.1, 0.15) is 5.76 Å². The van der Waals surface area contributed by atoms with Crippen molar-refractivity contribution in [2.24, 2.45) is 5.92 Å².